The van der Waals surface area contributed by atoms with Crippen LogP contribution in [0.1, 0.15) is 54.1 Å². The minimum atomic E-state index is -0.916. The molecule has 2 amide bonds. The first-order valence-electron chi connectivity index (χ1n) is 13.0. The molecule has 0 spiro atoms. The smallest absolute Gasteiger partial charge is 0.247 e. The predicted molar refractivity (Wildman–Crippen MR) is 149 cm³/mol. The molecule has 1 fully saturated rings. The monoisotopic (exact) mass is 536 g/mol. The van der Waals surface area contributed by atoms with Gasteiger partial charge in [0.05, 0.1) is 27.8 Å². The Bertz CT molecular complexity index is 1210. The van der Waals surface area contributed by atoms with Gasteiger partial charge in [-0.05, 0) is 48.1 Å². The van der Waals surface area contributed by atoms with Crippen LogP contribution in [-0.4, -0.2) is 44.1 Å². The molecular weight excluding hydrogens is 500 g/mol. The highest BCUT2D eigenvalue weighted by Gasteiger charge is 2.36. The molecule has 4 rings (SSSR count). The molecule has 0 unspecified atom stereocenters. The molecule has 202 valence electrons. The molecule has 0 radical (unpaired) electrons. The number of nitrogens with zero attached hydrogens (tertiary/aromatic N) is 1. The first-order valence-corrected chi connectivity index (χ1v) is 13.9. The summed E-state index contributed by atoms with van der Waals surface area (Å²) in [6, 6.07) is 16.1. The van der Waals surface area contributed by atoms with Crippen LogP contribution in [-0.2, 0) is 22.6 Å². The number of para-hydroxylation sites is 1. The molecule has 8 heteroatoms. The molecule has 1 aliphatic rings. The molecule has 7 nitrogen and oxygen atoms in total. The van der Waals surface area contributed by atoms with Gasteiger partial charge in [-0.3, -0.25) is 9.59 Å². The summed E-state index contributed by atoms with van der Waals surface area (Å²) in [6.07, 6.45) is 5.42. The van der Waals surface area contributed by atoms with E-state index >= 15 is 0 Å². The van der Waals surface area contributed by atoms with Gasteiger partial charge >= 0.3 is 0 Å². The molecule has 1 saturated carbocycles. The molecule has 0 saturated heterocycles. The summed E-state index contributed by atoms with van der Waals surface area (Å²) in [5.74, 6) is 1.27. The number of hydrogen-bond donors (Lipinski definition) is 1. The Labute approximate surface area is 228 Å². The van der Waals surface area contributed by atoms with Crippen LogP contribution < -0.4 is 19.5 Å². The van der Waals surface area contributed by atoms with Crippen molar-refractivity contribution in [2.45, 2.75) is 57.2 Å². The lowest BCUT2D eigenvalue weighted by Gasteiger charge is -2.34. The van der Waals surface area contributed by atoms with E-state index in [4.69, 9.17) is 14.2 Å². The zero-order valence-electron chi connectivity index (χ0n) is 22.3. The van der Waals surface area contributed by atoms with Crippen molar-refractivity contribution < 1.29 is 23.8 Å². The van der Waals surface area contributed by atoms with Crippen LogP contribution in [0.2, 0.25) is 0 Å². The van der Waals surface area contributed by atoms with Crippen LogP contribution in [0.4, 0.5) is 0 Å². The fourth-order valence-corrected chi connectivity index (χ4v) is 5.76. The minimum Gasteiger partial charge on any atom is -0.497 e. The summed E-state index contributed by atoms with van der Waals surface area (Å²) >= 11 is 1.53. The Morgan fingerprint density at radius 2 is 1.76 bits per heavy atom. The second-order valence-corrected chi connectivity index (χ2v) is 10.5. The van der Waals surface area contributed by atoms with Crippen LogP contribution >= 0.6 is 11.3 Å². The zero-order chi connectivity index (χ0) is 26.9. The Morgan fingerprint density at radius 1 is 0.974 bits per heavy atom. The Balaban J connectivity index is 1.79. The summed E-state index contributed by atoms with van der Waals surface area (Å²) in [5.41, 5.74) is 1.45. The average Bonchev–Trinajstić information content (AvgIpc) is 3.46. The van der Waals surface area contributed by atoms with Gasteiger partial charge in [0, 0.05) is 23.0 Å². The highest BCUT2D eigenvalue weighted by atomic mass is 32.1. The molecule has 2 aromatic carbocycles. The maximum absolute atomic E-state index is 14.1. The van der Waals surface area contributed by atoms with E-state index in [1.54, 1.807) is 32.3 Å². The van der Waals surface area contributed by atoms with Crippen molar-refractivity contribution in [3.8, 4) is 17.2 Å². The standard InChI is InChI=1S/C30H36N2O5S/c1-35-23-13-7-10-21(18-23)20-32(27(33)19-24-14-9-17-38-24)28(30(34)31-22-11-5-4-6-12-22)25-15-8-16-26(36-2)29(25)37-3/h7-10,13-18,22,28H,4-6,11-12,19-20H2,1-3H3,(H,31,34)/t28-/m0/s1. The molecule has 1 heterocycles. The van der Waals surface area contributed by atoms with E-state index in [0.717, 1.165) is 36.1 Å². The van der Waals surface area contributed by atoms with Crippen LogP contribution in [0.25, 0.3) is 0 Å². The summed E-state index contributed by atoms with van der Waals surface area (Å²) in [7, 11) is 4.73. The molecule has 1 aromatic heterocycles. The molecule has 1 N–H and O–H groups in total. The van der Waals surface area contributed by atoms with Gasteiger partial charge < -0.3 is 24.4 Å². The number of carbonyl (C=O) groups excluding carboxylic acids is 2. The number of methoxy groups -OCH3 is 3. The summed E-state index contributed by atoms with van der Waals surface area (Å²) in [5, 5.41) is 5.21. The topological polar surface area (TPSA) is 77.1 Å². The largest absolute Gasteiger partial charge is 0.497 e. The van der Waals surface area contributed by atoms with Gasteiger partial charge in [-0.2, -0.15) is 0 Å². The van der Waals surface area contributed by atoms with Crippen molar-refractivity contribution >= 4 is 23.2 Å². The number of thiophene rings is 1. The van der Waals surface area contributed by atoms with Crippen LogP contribution in [0.15, 0.2) is 60.0 Å². The highest BCUT2D eigenvalue weighted by Crippen LogP contribution is 2.38. The third kappa shape index (κ3) is 6.67. The number of benzene rings is 2. The van der Waals surface area contributed by atoms with Crippen LogP contribution in [0, 0.1) is 0 Å². The van der Waals surface area contributed by atoms with Gasteiger partial charge in [-0.1, -0.05) is 49.6 Å². The lowest BCUT2D eigenvalue weighted by atomic mass is 9.94. The number of amides is 2. The van der Waals surface area contributed by atoms with Gasteiger partial charge in [0.15, 0.2) is 11.5 Å². The number of carbonyl (C=O) groups is 2. The van der Waals surface area contributed by atoms with Crippen molar-refractivity contribution in [1.82, 2.24) is 10.2 Å². The molecule has 0 bridgehead atoms. The average molecular weight is 537 g/mol. The predicted octanol–water partition coefficient (Wildman–Crippen LogP) is 5.54. The molecular formula is C30H36N2O5S. The molecule has 0 aliphatic heterocycles. The Hall–Kier alpha value is -3.52. The van der Waals surface area contributed by atoms with E-state index in [1.165, 1.54) is 17.8 Å². The van der Waals surface area contributed by atoms with E-state index in [9.17, 15) is 9.59 Å². The van der Waals surface area contributed by atoms with E-state index in [-0.39, 0.29) is 30.8 Å². The van der Waals surface area contributed by atoms with E-state index in [0.29, 0.717) is 22.8 Å². The Morgan fingerprint density at radius 3 is 2.45 bits per heavy atom. The summed E-state index contributed by atoms with van der Waals surface area (Å²) in [6.45, 7) is 0.227. The molecule has 1 aliphatic carbocycles. The number of hydrogen-bond acceptors (Lipinski definition) is 6. The van der Waals surface area contributed by atoms with Gasteiger partial charge in [-0.15, -0.1) is 11.3 Å². The van der Waals surface area contributed by atoms with E-state index in [1.807, 2.05) is 53.9 Å². The van der Waals surface area contributed by atoms with Gasteiger partial charge in [0.2, 0.25) is 11.8 Å². The Kier molecular flexibility index (Phi) is 9.65. The maximum atomic E-state index is 14.1. The van der Waals surface area contributed by atoms with Crippen LogP contribution in [0.3, 0.4) is 0 Å². The molecule has 3 aromatic rings. The van der Waals surface area contributed by atoms with Crippen molar-refractivity contribution in [2.24, 2.45) is 0 Å². The third-order valence-corrected chi connectivity index (χ3v) is 7.83. The summed E-state index contributed by atoms with van der Waals surface area (Å²) in [4.78, 5) is 30.7. The van der Waals surface area contributed by atoms with E-state index in [2.05, 4.69) is 5.32 Å². The lowest BCUT2D eigenvalue weighted by molar-refractivity contribution is -0.141. The van der Waals surface area contributed by atoms with Crippen molar-refractivity contribution in [2.75, 3.05) is 21.3 Å². The van der Waals surface area contributed by atoms with Crippen molar-refractivity contribution in [3.63, 3.8) is 0 Å². The second kappa shape index (κ2) is 13.3. The lowest BCUT2D eigenvalue weighted by Crippen LogP contribution is -2.47. The quantitative estimate of drug-likeness (QED) is 0.348. The number of nitrogens with one attached hydrogen (secondary N) is 1. The second-order valence-electron chi connectivity index (χ2n) is 9.46. The number of ether oxygens (including phenoxy) is 3. The maximum Gasteiger partial charge on any atom is 0.247 e. The SMILES string of the molecule is COc1cccc(CN(C(=O)Cc2cccs2)[C@H](C(=O)NC2CCCCC2)c2cccc(OC)c2OC)c1. The fraction of sp³-hybridized carbons (Fsp3) is 0.400. The van der Waals surface area contributed by atoms with Crippen molar-refractivity contribution in [1.29, 1.82) is 0 Å². The molecule has 1 atom stereocenters. The molecule has 38 heavy (non-hydrogen) atoms. The minimum absolute atomic E-state index is 0.0846. The van der Waals surface area contributed by atoms with Crippen LogP contribution in [0.5, 0.6) is 17.2 Å². The summed E-state index contributed by atoms with van der Waals surface area (Å²) < 4.78 is 16.7. The van der Waals surface area contributed by atoms with E-state index < -0.39 is 6.04 Å². The fourth-order valence-electron chi connectivity index (χ4n) is 5.06. The van der Waals surface area contributed by atoms with Crippen molar-refractivity contribution in [3.05, 3.63) is 76.0 Å². The normalized spacial score (nSPS) is 14.4. The first kappa shape index (κ1) is 27.5. The zero-order valence-corrected chi connectivity index (χ0v) is 23.1. The third-order valence-electron chi connectivity index (χ3n) is 6.95. The van der Waals surface area contributed by atoms with Gasteiger partial charge in [0.1, 0.15) is 11.8 Å². The highest BCUT2D eigenvalue weighted by molar-refractivity contribution is 7.10. The number of rotatable bonds is 11. The van der Waals surface area contributed by atoms with Gasteiger partial charge in [0.25, 0.3) is 0 Å². The van der Waals surface area contributed by atoms with Gasteiger partial charge in [-0.25, -0.2) is 0 Å². The first-order chi connectivity index (χ1) is 18.5.